The van der Waals surface area contributed by atoms with Crippen molar-refractivity contribution in [3.05, 3.63) is 47.6 Å². The van der Waals surface area contributed by atoms with Gasteiger partial charge in [0.05, 0.1) is 24.4 Å². The number of carbonyl (C=O) groups is 4. The first-order chi connectivity index (χ1) is 26.5. The Labute approximate surface area is 334 Å². The van der Waals surface area contributed by atoms with E-state index in [2.05, 4.69) is 0 Å². The van der Waals surface area contributed by atoms with E-state index in [1.165, 1.54) is 4.90 Å². The van der Waals surface area contributed by atoms with Gasteiger partial charge in [-0.1, -0.05) is 64.2 Å². The summed E-state index contributed by atoms with van der Waals surface area (Å²) in [5.41, 5.74) is 1.27. The highest BCUT2D eigenvalue weighted by molar-refractivity contribution is 6.39. The maximum Gasteiger partial charge on any atom is 0.329 e. The third-order valence-corrected chi connectivity index (χ3v) is 12.8. The largest absolute Gasteiger partial charge is 0.460 e. The van der Waals surface area contributed by atoms with Gasteiger partial charge in [0, 0.05) is 37.6 Å². The number of cyclic esters (lactones) is 1. The zero-order chi connectivity index (χ0) is 41.2. The van der Waals surface area contributed by atoms with Gasteiger partial charge in [-0.25, -0.2) is 4.79 Å². The first-order valence-electron chi connectivity index (χ1n) is 21.2. The first-order valence-corrected chi connectivity index (χ1v) is 21.2. The van der Waals surface area contributed by atoms with Crippen molar-refractivity contribution in [1.29, 1.82) is 0 Å². The van der Waals surface area contributed by atoms with E-state index in [-0.39, 0.29) is 55.4 Å². The zero-order valence-electron chi connectivity index (χ0n) is 34.6. The Morgan fingerprint density at radius 1 is 0.857 bits per heavy atom. The Balaban J connectivity index is 1.63. The predicted octanol–water partition coefficient (Wildman–Crippen LogP) is 6.07. The SMILES string of the molecule is C/C1=C\C[C@@H]([C@H](C)C[C@H]2CC[C@H](O)CC2)OC(=O)[C@@H]2CCCCN2C(=O)C(=O)[C@]2(O)O[C@@H](CC[C@H]2C)C[C@H](O)/C(C)=C/C=C/C=C/[C@@H](C)C[C@@H](C)C(=O)C[C@@H]1O. The fourth-order valence-electron chi connectivity index (χ4n) is 8.72. The number of aliphatic hydroxyl groups excluding tert-OH is 3. The van der Waals surface area contributed by atoms with Gasteiger partial charge in [0.1, 0.15) is 17.9 Å². The molecule has 3 fully saturated rings. The molecule has 56 heavy (non-hydrogen) atoms. The number of aliphatic hydroxyl groups is 4. The Hall–Kier alpha value is -2.96. The lowest BCUT2D eigenvalue weighted by molar-refractivity contribution is -0.265. The molecule has 11 heteroatoms. The van der Waals surface area contributed by atoms with Gasteiger partial charge in [-0.15, -0.1) is 0 Å². The number of amides is 1. The molecule has 0 aromatic rings. The molecule has 0 radical (unpaired) electrons. The minimum atomic E-state index is -2.42. The molecule has 11 nitrogen and oxygen atoms in total. The van der Waals surface area contributed by atoms with Gasteiger partial charge in [0.2, 0.25) is 5.79 Å². The minimum Gasteiger partial charge on any atom is -0.460 e. The Kier molecular flexibility index (Phi) is 17.3. The van der Waals surface area contributed by atoms with Crippen LogP contribution >= 0.6 is 0 Å². The summed E-state index contributed by atoms with van der Waals surface area (Å²) < 4.78 is 12.3. The van der Waals surface area contributed by atoms with E-state index in [9.17, 15) is 39.6 Å². The maximum absolute atomic E-state index is 14.1. The molecule has 1 aliphatic carbocycles. The van der Waals surface area contributed by atoms with Gasteiger partial charge in [-0.3, -0.25) is 14.4 Å². The van der Waals surface area contributed by atoms with Gasteiger partial charge >= 0.3 is 5.97 Å². The van der Waals surface area contributed by atoms with E-state index in [1.807, 2.05) is 51.2 Å². The number of hydrogen-bond acceptors (Lipinski definition) is 10. The summed E-state index contributed by atoms with van der Waals surface area (Å²) in [6.07, 6.45) is 15.0. The average Bonchev–Trinajstić information content (AvgIpc) is 3.17. The third kappa shape index (κ3) is 12.5. The second-order valence-corrected chi connectivity index (χ2v) is 17.5. The van der Waals surface area contributed by atoms with Crippen LogP contribution in [0.2, 0.25) is 0 Å². The molecule has 2 bridgehead atoms. The van der Waals surface area contributed by atoms with Crippen LogP contribution in [0.3, 0.4) is 0 Å². The van der Waals surface area contributed by atoms with Crippen LogP contribution in [0.4, 0.5) is 0 Å². The quantitative estimate of drug-likeness (QED) is 0.150. The van der Waals surface area contributed by atoms with Crippen LogP contribution in [0.25, 0.3) is 0 Å². The molecule has 1 amide bonds. The maximum atomic E-state index is 14.1. The summed E-state index contributed by atoms with van der Waals surface area (Å²) in [5.74, 6) is -5.79. The summed E-state index contributed by atoms with van der Waals surface area (Å²) in [6.45, 7) is 11.3. The Bertz CT molecular complexity index is 1480. The van der Waals surface area contributed by atoms with Crippen LogP contribution in [0.1, 0.15) is 131 Å². The number of Topliss-reactive ketones (excluding diaryl/α,β-unsaturated/α-hetero) is 2. The van der Waals surface area contributed by atoms with Crippen LogP contribution in [0.15, 0.2) is 47.6 Å². The number of hydrogen-bond donors (Lipinski definition) is 4. The van der Waals surface area contributed by atoms with Crippen molar-refractivity contribution < 1.29 is 49.1 Å². The smallest absolute Gasteiger partial charge is 0.329 e. The Morgan fingerprint density at radius 2 is 1.57 bits per heavy atom. The number of rotatable bonds is 3. The van der Waals surface area contributed by atoms with Crippen LogP contribution in [-0.2, 0) is 28.7 Å². The minimum absolute atomic E-state index is 0.0284. The van der Waals surface area contributed by atoms with Gasteiger partial charge in [-0.05, 0) is 113 Å². The standard InChI is InChI=1S/C45H69NO10/c1-28-12-8-7-9-13-29(2)38(48)26-36-21-16-33(6)45(54,56-36)42(51)43(52)46-23-11-10-14-37(46)44(53)55-41(32(5)25-34-17-19-35(47)20-18-34)22-15-30(3)39(49)27-40(50)31(4)24-28/h7-9,12-13,15,28,31-39,41,47-49,54H,10-11,14,16-27H2,1-6H3/b9-7+,12-8+,29-13+,30-15+/t28-,31-,32-,33-,34-,35-,36+,37+,38+,39+,41+,45-/m1/s1. The van der Waals surface area contributed by atoms with Gasteiger partial charge in [-0.2, -0.15) is 0 Å². The van der Waals surface area contributed by atoms with Gasteiger partial charge < -0.3 is 34.8 Å². The molecule has 314 valence electrons. The molecular formula is C45H69NO10. The molecule has 2 saturated heterocycles. The van der Waals surface area contributed by atoms with Crippen LogP contribution in [-0.4, -0.2) is 97.7 Å². The lowest BCUT2D eigenvalue weighted by Crippen LogP contribution is -2.60. The molecule has 1 saturated carbocycles. The monoisotopic (exact) mass is 783 g/mol. The second kappa shape index (κ2) is 21.2. The van der Waals surface area contributed by atoms with Crippen molar-refractivity contribution in [1.82, 2.24) is 4.90 Å². The predicted molar refractivity (Wildman–Crippen MR) is 214 cm³/mol. The molecule has 0 unspecified atom stereocenters. The van der Waals surface area contributed by atoms with Crippen LogP contribution < -0.4 is 0 Å². The number of allylic oxidation sites excluding steroid dienone is 5. The van der Waals surface area contributed by atoms with Crippen molar-refractivity contribution in [3.8, 4) is 0 Å². The zero-order valence-corrected chi connectivity index (χ0v) is 34.6. The molecule has 4 aliphatic rings. The normalized spacial score (nSPS) is 40.5. The molecule has 0 spiro atoms. The molecule has 0 aromatic heterocycles. The third-order valence-electron chi connectivity index (χ3n) is 12.8. The summed E-state index contributed by atoms with van der Waals surface area (Å²) in [5, 5.41) is 43.9. The van der Waals surface area contributed by atoms with E-state index in [0.29, 0.717) is 55.6 Å². The first kappa shape index (κ1) is 45.7. The number of nitrogens with zero attached hydrogens (tertiary/aromatic N) is 1. The number of esters is 1. The van der Waals surface area contributed by atoms with Crippen LogP contribution in [0.5, 0.6) is 0 Å². The highest BCUT2D eigenvalue weighted by Crippen LogP contribution is 2.37. The number of fused-ring (bicyclic) bond motifs is 3. The van der Waals surface area contributed by atoms with E-state index in [4.69, 9.17) is 9.47 Å². The molecule has 4 rings (SSSR count). The van der Waals surface area contributed by atoms with E-state index in [1.54, 1.807) is 26.8 Å². The highest BCUT2D eigenvalue weighted by atomic mass is 16.6. The number of piperidine rings is 1. The topological polar surface area (TPSA) is 171 Å². The molecule has 3 heterocycles. The van der Waals surface area contributed by atoms with Crippen LogP contribution in [0, 0.1) is 29.6 Å². The van der Waals surface area contributed by atoms with Crippen molar-refractivity contribution in [2.75, 3.05) is 6.54 Å². The molecule has 10 atom stereocenters. The van der Waals surface area contributed by atoms with Crippen molar-refractivity contribution in [2.45, 2.75) is 174 Å². The summed E-state index contributed by atoms with van der Waals surface area (Å²) in [6, 6.07) is -1.03. The number of ketones is 2. The van der Waals surface area contributed by atoms with E-state index >= 15 is 0 Å². The summed E-state index contributed by atoms with van der Waals surface area (Å²) >= 11 is 0. The van der Waals surface area contributed by atoms with Crippen molar-refractivity contribution >= 4 is 23.4 Å². The molecule has 0 aromatic carbocycles. The number of ether oxygens (including phenoxy) is 2. The van der Waals surface area contributed by atoms with E-state index < -0.39 is 59.8 Å². The fraction of sp³-hybridized carbons (Fsp3) is 0.733. The molecule has 4 N–H and O–H groups in total. The summed E-state index contributed by atoms with van der Waals surface area (Å²) in [7, 11) is 0. The van der Waals surface area contributed by atoms with Gasteiger partial charge in [0.25, 0.3) is 11.7 Å². The number of carbonyl (C=O) groups excluding carboxylic acids is 4. The van der Waals surface area contributed by atoms with Crippen molar-refractivity contribution in [3.63, 3.8) is 0 Å². The summed E-state index contributed by atoms with van der Waals surface area (Å²) in [4.78, 5) is 56.5. The second-order valence-electron chi connectivity index (χ2n) is 17.5. The molecule has 3 aliphatic heterocycles. The highest BCUT2D eigenvalue weighted by Gasteiger charge is 2.53. The lowest BCUT2D eigenvalue weighted by atomic mass is 9.80. The van der Waals surface area contributed by atoms with E-state index in [0.717, 1.165) is 32.1 Å². The fourth-order valence-corrected chi connectivity index (χ4v) is 8.72. The van der Waals surface area contributed by atoms with Crippen molar-refractivity contribution in [2.24, 2.45) is 29.6 Å². The van der Waals surface area contributed by atoms with Gasteiger partial charge in [0.15, 0.2) is 0 Å². The average molecular weight is 784 g/mol. The lowest BCUT2D eigenvalue weighted by Gasteiger charge is -2.42. The molecular weight excluding hydrogens is 714 g/mol. The Morgan fingerprint density at radius 3 is 2.29 bits per heavy atom.